The lowest BCUT2D eigenvalue weighted by Crippen LogP contribution is -2.38. The maximum atomic E-state index is 13.2. The minimum absolute atomic E-state index is 0.0941. The average molecular weight is 481 g/mol. The topological polar surface area (TPSA) is 82.6 Å². The third-order valence-corrected chi connectivity index (χ3v) is 7.73. The number of morpholine rings is 1. The number of carbonyl (C=O) groups is 1. The summed E-state index contributed by atoms with van der Waals surface area (Å²) in [5, 5.41) is 12.9. The molecule has 3 aliphatic rings. The Hall–Kier alpha value is -2.63. The van der Waals surface area contributed by atoms with E-state index in [2.05, 4.69) is 22.4 Å². The van der Waals surface area contributed by atoms with Crippen molar-refractivity contribution in [3.05, 3.63) is 73.8 Å². The first-order chi connectivity index (χ1) is 16.1. The Balaban J connectivity index is 1.57. The van der Waals surface area contributed by atoms with E-state index in [4.69, 9.17) is 22.1 Å². The van der Waals surface area contributed by atoms with Crippen molar-refractivity contribution in [2.45, 2.75) is 31.7 Å². The molecule has 1 aromatic carbocycles. The molecule has 0 radical (unpaired) electrons. The summed E-state index contributed by atoms with van der Waals surface area (Å²) in [6.07, 6.45) is 1.99. The fourth-order valence-corrected chi connectivity index (χ4v) is 6.13. The smallest absolute Gasteiger partial charge is 0.161 e. The highest BCUT2D eigenvalue weighted by atomic mass is 35.5. The van der Waals surface area contributed by atoms with Crippen molar-refractivity contribution >= 4 is 34.4 Å². The maximum absolute atomic E-state index is 13.2. The number of carbonyl (C=O) groups excluding carboxylic acids is 1. The number of thiophene rings is 1. The fourth-order valence-electron chi connectivity index (χ4n) is 4.93. The molecule has 1 atom stereocenters. The van der Waals surface area contributed by atoms with Crippen LogP contribution in [0.4, 0.5) is 5.69 Å². The van der Waals surface area contributed by atoms with Crippen LogP contribution in [-0.2, 0) is 16.1 Å². The number of rotatable bonds is 4. The predicted molar refractivity (Wildman–Crippen MR) is 130 cm³/mol. The van der Waals surface area contributed by atoms with Crippen LogP contribution in [0.25, 0.3) is 0 Å². The quantitative estimate of drug-likeness (QED) is 0.691. The van der Waals surface area contributed by atoms with Gasteiger partial charge in [0, 0.05) is 52.9 Å². The third-order valence-electron chi connectivity index (χ3n) is 6.45. The zero-order valence-corrected chi connectivity index (χ0v) is 19.8. The first kappa shape index (κ1) is 22.2. The van der Waals surface area contributed by atoms with E-state index in [1.165, 1.54) is 5.56 Å². The van der Waals surface area contributed by atoms with E-state index in [-0.39, 0.29) is 5.78 Å². The first-order valence-corrected chi connectivity index (χ1v) is 12.4. The van der Waals surface area contributed by atoms with Crippen LogP contribution in [0.2, 0.25) is 5.02 Å². The van der Waals surface area contributed by atoms with Crippen LogP contribution in [0.15, 0.2) is 58.4 Å². The number of anilines is 1. The van der Waals surface area contributed by atoms with Gasteiger partial charge in [0.1, 0.15) is 5.82 Å². The third kappa shape index (κ3) is 4.20. The Morgan fingerprint density at radius 3 is 2.82 bits per heavy atom. The number of hydrogen-bond acceptors (Lipinski definition) is 7. The standard InChI is InChI=1S/C25H25ClN4O2S/c26-17-3-1-4-18(12-17)30-20-5-2-6-21(31)24(20)23(19(13-27)25(30)28)22-11-16(15-33-22)14-29-7-9-32-10-8-29/h1,3-4,11-12,15,23H,2,5-10,14,28H2. The van der Waals surface area contributed by atoms with Gasteiger partial charge < -0.3 is 10.5 Å². The summed E-state index contributed by atoms with van der Waals surface area (Å²) in [4.78, 5) is 18.5. The monoisotopic (exact) mass is 480 g/mol. The number of nitrogens with zero attached hydrogens (tertiary/aromatic N) is 3. The molecule has 1 unspecified atom stereocenters. The largest absolute Gasteiger partial charge is 0.384 e. The van der Waals surface area contributed by atoms with E-state index < -0.39 is 5.92 Å². The molecular weight excluding hydrogens is 456 g/mol. The highest BCUT2D eigenvalue weighted by Crippen LogP contribution is 2.47. The number of benzene rings is 1. The van der Waals surface area contributed by atoms with E-state index >= 15 is 0 Å². The molecule has 5 rings (SSSR count). The van der Waals surface area contributed by atoms with Crippen molar-refractivity contribution < 1.29 is 9.53 Å². The zero-order valence-electron chi connectivity index (χ0n) is 18.2. The number of allylic oxidation sites excluding steroid dienone is 3. The Morgan fingerprint density at radius 1 is 1.24 bits per heavy atom. The molecule has 0 bridgehead atoms. The molecule has 1 aromatic heterocycles. The molecule has 6 nitrogen and oxygen atoms in total. The number of ketones is 1. The second-order valence-electron chi connectivity index (χ2n) is 8.54. The summed E-state index contributed by atoms with van der Waals surface area (Å²) in [5.74, 6) is 0.0506. The van der Waals surface area contributed by atoms with Gasteiger partial charge in [-0.25, -0.2) is 0 Å². The van der Waals surface area contributed by atoms with Crippen molar-refractivity contribution in [2.24, 2.45) is 5.73 Å². The molecule has 1 fully saturated rings. The van der Waals surface area contributed by atoms with Gasteiger partial charge in [0.05, 0.1) is 30.8 Å². The molecule has 0 saturated carbocycles. The van der Waals surface area contributed by atoms with Crippen LogP contribution >= 0.6 is 22.9 Å². The van der Waals surface area contributed by atoms with Gasteiger partial charge in [-0.15, -0.1) is 11.3 Å². The van der Waals surface area contributed by atoms with Gasteiger partial charge in [-0.05, 0) is 48.1 Å². The minimum atomic E-state index is -0.420. The summed E-state index contributed by atoms with van der Waals surface area (Å²) in [7, 11) is 0. The molecule has 3 heterocycles. The van der Waals surface area contributed by atoms with E-state index in [0.717, 1.165) is 62.0 Å². The normalized spacial score (nSPS) is 21.9. The Labute approximate surface area is 202 Å². The van der Waals surface area contributed by atoms with E-state index in [1.807, 2.05) is 23.1 Å². The summed E-state index contributed by atoms with van der Waals surface area (Å²) in [6, 6.07) is 11.8. The number of Topliss-reactive ketones (excluding diaryl/α,β-unsaturated/α-hetero) is 1. The van der Waals surface area contributed by atoms with Gasteiger partial charge in [0.15, 0.2) is 5.78 Å². The van der Waals surface area contributed by atoms with Crippen LogP contribution < -0.4 is 10.6 Å². The predicted octanol–water partition coefficient (Wildman–Crippen LogP) is 4.54. The van der Waals surface area contributed by atoms with Crippen LogP contribution in [0.5, 0.6) is 0 Å². The van der Waals surface area contributed by atoms with Crippen LogP contribution in [0.3, 0.4) is 0 Å². The summed E-state index contributed by atoms with van der Waals surface area (Å²) in [6.45, 7) is 4.16. The van der Waals surface area contributed by atoms with Crippen molar-refractivity contribution in [1.82, 2.24) is 4.90 Å². The maximum Gasteiger partial charge on any atom is 0.161 e. The Bertz CT molecular complexity index is 1190. The van der Waals surface area contributed by atoms with E-state index in [0.29, 0.717) is 28.4 Å². The van der Waals surface area contributed by atoms with Crippen LogP contribution in [0, 0.1) is 11.3 Å². The van der Waals surface area contributed by atoms with Gasteiger partial charge in [-0.3, -0.25) is 14.6 Å². The molecule has 2 N–H and O–H groups in total. The fraction of sp³-hybridized carbons (Fsp3) is 0.360. The Kier molecular flexibility index (Phi) is 6.26. The summed E-state index contributed by atoms with van der Waals surface area (Å²) >= 11 is 7.85. The molecule has 33 heavy (non-hydrogen) atoms. The molecule has 2 aliphatic heterocycles. The molecule has 0 amide bonds. The second kappa shape index (κ2) is 9.32. The van der Waals surface area contributed by atoms with Gasteiger partial charge >= 0.3 is 0 Å². The number of nitriles is 1. The van der Waals surface area contributed by atoms with E-state index in [1.54, 1.807) is 17.4 Å². The lowest BCUT2D eigenvalue weighted by Gasteiger charge is -2.39. The summed E-state index contributed by atoms with van der Waals surface area (Å²) in [5.41, 5.74) is 10.6. The highest BCUT2D eigenvalue weighted by Gasteiger charge is 2.41. The molecule has 1 saturated heterocycles. The minimum Gasteiger partial charge on any atom is -0.384 e. The lowest BCUT2D eigenvalue weighted by atomic mass is 9.78. The first-order valence-electron chi connectivity index (χ1n) is 11.2. The Morgan fingerprint density at radius 2 is 2.06 bits per heavy atom. The number of hydrogen-bond donors (Lipinski definition) is 1. The molecule has 8 heteroatoms. The molecular formula is C25H25ClN4O2S. The van der Waals surface area contributed by atoms with E-state index in [9.17, 15) is 10.1 Å². The van der Waals surface area contributed by atoms with Crippen molar-refractivity contribution in [3.8, 4) is 6.07 Å². The lowest BCUT2D eigenvalue weighted by molar-refractivity contribution is -0.116. The SMILES string of the molecule is N#CC1=C(N)N(c2cccc(Cl)c2)C2=C(C(=O)CCC2)C1c1cc(CN2CCOCC2)cs1. The zero-order chi connectivity index (χ0) is 22.9. The van der Waals surface area contributed by atoms with Crippen LogP contribution in [-0.4, -0.2) is 37.0 Å². The van der Waals surface area contributed by atoms with Crippen LogP contribution in [0.1, 0.15) is 35.6 Å². The van der Waals surface area contributed by atoms with Gasteiger partial charge in [0.25, 0.3) is 0 Å². The van der Waals surface area contributed by atoms with Crippen molar-refractivity contribution in [1.29, 1.82) is 5.26 Å². The average Bonchev–Trinajstić information content (AvgIpc) is 3.27. The second-order valence-corrected chi connectivity index (χ2v) is 9.92. The number of halogens is 1. The van der Waals surface area contributed by atoms with Gasteiger partial charge in [0.2, 0.25) is 0 Å². The van der Waals surface area contributed by atoms with Gasteiger partial charge in [-0.2, -0.15) is 5.26 Å². The van der Waals surface area contributed by atoms with Crippen molar-refractivity contribution in [2.75, 3.05) is 31.2 Å². The molecule has 0 spiro atoms. The summed E-state index contributed by atoms with van der Waals surface area (Å²) < 4.78 is 5.45. The number of nitrogens with two attached hydrogens (primary N) is 1. The van der Waals surface area contributed by atoms with Crippen molar-refractivity contribution in [3.63, 3.8) is 0 Å². The van der Waals surface area contributed by atoms with Gasteiger partial charge in [-0.1, -0.05) is 17.7 Å². The molecule has 1 aliphatic carbocycles. The highest BCUT2D eigenvalue weighted by molar-refractivity contribution is 7.10. The number of ether oxygens (including phenoxy) is 1. The molecule has 2 aromatic rings. The molecule has 170 valence electrons.